The van der Waals surface area contributed by atoms with Crippen molar-refractivity contribution in [2.75, 3.05) is 0 Å². The first-order valence-electron chi connectivity index (χ1n) is 3.65. The molecule has 1 aromatic carbocycles. The van der Waals surface area contributed by atoms with Gasteiger partial charge in [0.1, 0.15) is 0 Å². The van der Waals surface area contributed by atoms with Gasteiger partial charge in [0, 0.05) is 0 Å². The second kappa shape index (κ2) is 2.94. The minimum absolute atomic E-state index is 0.299. The molecule has 1 aliphatic carbocycles. The zero-order valence-corrected chi connectivity index (χ0v) is 8.84. The Balaban J connectivity index is 2.47. The number of fused-ring (bicyclic) bond motifs is 1. The van der Waals surface area contributed by atoms with Gasteiger partial charge in [-0.1, -0.05) is 46.9 Å². The van der Waals surface area contributed by atoms with Gasteiger partial charge >= 0.3 is 0 Å². The van der Waals surface area contributed by atoms with Crippen LogP contribution >= 0.6 is 34.2 Å². The number of halogens is 2. The quantitative estimate of drug-likeness (QED) is 0.504. The van der Waals surface area contributed by atoms with Crippen LogP contribution < -0.4 is 0 Å². The van der Waals surface area contributed by atoms with Crippen molar-refractivity contribution in [3.8, 4) is 0 Å². The number of hydrogen-bond donors (Lipinski definition) is 0. The van der Waals surface area contributed by atoms with Gasteiger partial charge in [0.2, 0.25) is 0 Å². The molecule has 0 saturated carbocycles. The molecule has 0 heterocycles. The molecule has 0 unspecified atom stereocenters. The Kier molecular flexibility index (Phi) is 2.10. The second-order valence-corrected chi connectivity index (χ2v) is 4.72. The van der Waals surface area contributed by atoms with Gasteiger partial charge in [0.05, 0.1) is 9.30 Å². The minimum atomic E-state index is 0.299. The van der Waals surface area contributed by atoms with Crippen molar-refractivity contribution in [2.24, 2.45) is 0 Å². The van der Waals surface area contributed by atoms with Gasteiger partial charge < -0.3 is 0 Å². The van der Waals surface area contributed by atoms with Crippen molar-refractivity contribution in [3.05, 3.63) is 35.4 Å². The Morgan fingerprint density at radius 2 is 2.09 bits per heavy atom. The first-order valence-corrected chi connectivity index (χ1v) is 5.33. The third kappa shape index (κ3) is 1.29. The molecule has 2 heteroatoms. The zero-order valence-electron chi connectivity index (χ0n) is 5.93. The summed E-state index contributed by atoms with van der Waals surface area (Å²) in [5.74, 6) is 0. The van der Waals surface area contributed by atoms with E-state index in [1.807, 2.05) is 0 Å². The third-order valence-corrected chi connectivity index (χ3v) is 4.46. The molecule has 2 rings (SSSR count). The van der Waals surface area contributed by atoms with E-state index < -0.39 is 0 Å². The first-order chi connectivity index (χ1) is 5.29. The fraction of sp³-hybridized carbons (Fsp3) is 0.333. The number of alkyl halides is 2. The fourth-order valence-electron chi connectivity index (χ4n) is 1.50. The molecule has 11 heavy (non-hydrogen) atoms. The summed E-state index contributed by atoms with van der Waals surface area (Å²) in [6.07, 6.45) is 1.03. The monoisotopic (exact) mass is 278 g/mol. The van der Waals surface area contributed by atoms with Crippen LogP contribution in [0.4, 0.5) is 0 Å². The molecule has 0 radical (unpaired) electrons. The molecule has 0 spiro atoms. The molecular formula is C9H8ClI. The summed E-state index contributed by atoms with van der Waals surface area (Å²) >= 11 is 8.54. The Morgan fingerprint density at radius 1 is 1.36 bits per heavy atom. The molecule has 0 nitrogen and oxygen atoms in total. The Morgan fingerprint density at radius 3 is 2.82 bits per heavy atom. The van der Waals surface area contributed by atoms with Crippen LogP contribution in [0, 0.1) is 0 Å². The zero-order chi connectivity index (χ0) is 7.84. The highest BCUT2D eigenvalue weighted by Gasteiger charge is 2.27. The highest BCUT2D eigenvalue weighted by molar-refractivity contribution is 14.1. The summed E-state index contributed by atoms with van der Waals surface area (Å²) in [4.78, 5) is 0. The lowest BCUT2D eigenvalue weighted by molar-refractivity contribution is 0.927. The van der Waals surface area contributed by atoms with E-state index in [4.69, 9.17) is 11.6 Å². The normalized spacial score (nSPS) is 28.5. The van der Waals surface area contributed by atoms with E-state index in [0.717, 1.165) is 6.42 Å². The molecule has 0 fully saturated rings. The van der Waals surface area contributed by atoms with E-state index in [0.29, 0.717) is 9.30 Å². The highest BCUT2D eigenvalue weighted by atomic mass is 127. The highest BCUT2D eigenvalue weighted by Crippen LogP contribution is 2.40. The summed E-state index contributed by atoms with van der Waals surface area (Å²) in [7, 11) is 0. The standard InChI is InChI=1S/C9H8ClI/c10-8-5-6-3-1-2-4-7(6)9(8)11/h1-4,8-9H,5H2/t8-,9-/m1/s1. The number of hydrogen-bond acceptors (Lipinski definition) is 0. The lowest BCUT2D eigenvalue weighted by atomic mass is 10.1. The van der Waals surface area contributed by atoms with E-state index in [1.165, 1.54) is 11.1 Å². The summed E-state index contributed by atoms with van der Waals surface area (Å²) in [6.45, 7) is 0. The number of rotatable bonds is 0. The van der Waals surface area contributed by atoms with Crippen LogP contribution in [0.5, 0.6) is 0 Å². The van der Waals surface area contributed by atoms with Crippen molar-refractivity contribution in [3.63, 3.8) is 0 Å². The predicted molar refractivity (Wildman–Crippen MR) is 56.5 cm³/mol. The third-order valence-electron chi connectivity index (χ3n) is 2.08. The molecule has 1 aliphatic rings. The summed E-state index contributed by atoms with van der Waals surface area (Å²) in [5.41, 5.74) is 2.85. The van der Waals surface area contributed by atoms with Gasteiger partial charge in [-0.15, -0.1) is 11.6 Å². The molecule has 0 amide bonds. The van der Waals surface area contributed by atoms with E-state index in [-0.39, 0.29) is 0 Å². The van der Waals surface area contributed by atoms with Gasteiger partial charge in [-0.2, -0.15) is 0 Å². The van der Waals surface area contributed by atoms with Crippen molar-refractivity contribution in [2.45, 2.75) is 15.7 Å². The summed E-state index contributed by atoms with van der Waals surface area (Å²) < 4.78 is 0.505. The van der Waals surface area contributed by atoms with Crippen molar-refractivity contribution < 1.29 is 0 Å². The SMILES string of the molecule is Cl[C@@H]1Cc2ccccc2[C@H]1I. The van der Waals surface area contributed by atoms with Gasteiger partial charge in [0.25, 0.3) is 0 Å². The number of benzene rings is 1. The smallest absolute Gasteiger partial charge is 0.0535 e. The van der Waals surface area contributed by atoms with Gasteiger partial charge in [-0.25, -0.2) is 0 Å². The maximum absolute atomic E-state index is 6.12. The lowest BCUT2D eigenvalue weighted by Gasteiger charge is -2.04. The van der Waals surface area contributed by atoms with E-state index >= 15 is 0 Å². The van der Waals surface area contributed by atoms with Gasteiger partial charge in [0.15, 0.2) is 0 Å². The summed E-state index contributed by atoms with van der Waals surface area (Å²) in [6, 6.07) is 8.51. The molecule has 0 aromatic heterocycles. The van der Waals surface area contributed by atoms with E-state index in [2.05, 4.69) is 46.9 Å². The average Bonchev–Trinajstić information content (AvgIpc) is 2.30. The Hall–Kier alpha value is 0.240. The van der Waals surface area contributed by atoms with E-state index in [1.54, 1.807) is 0 Å². The summed E-state index contributed by atoms with van der Waals surface area (Å²) in [5, 5.41) is 0.299. The average molecular weight is 279 g/mol. The van der Waals surface area contributed by atoms with Crippen LogP contribution in [0.2, 0.25) is 0 Å². The van der Waals surface area contributed by atoms with Crippen molar-refractivity contribution >= 4 is 34.2 Å². The molecule has 0 saturated heterocycles. The largest absolute Gasteiger partial charge is 0.121 e. The maximum atomic E-state index is 6.12. The second-order valence-electron chi connectivity index (χ2n) is 2.82. The Labute approximate surface area is 85.1 Å². The Bertz CT molecular complexity index is 272. The molecule has 2 atom stereocenters. The van der Waals surface area contributed by atoms with Crippen LogP contribution in [0.3, 0.4) is 0 Å². The van der Waals surface area contributed by atoms with Crippen LogP contribution in [0.1, 0.15) is 15.1 Å². The maximum Gasteiger partial charge on any atom is 0.0535 e. The van der Waals surface area contributed by atoms with Crippen LogP contribution in [0.25, 0.3) is 0 Å². The van der Waals surface area contributed by atoms with Gasteiger partial charge in [-0.05, 0) is 17.5 Å². The molecule has 1 aromatic rings. The predicted octanol–water partition coefficient (Wildman–Crippen LogP) is 3.33. The van der Waals surface area contributed by atoms with Crippen molar-refractivity contribution in [1.82, 2.24) is 0 Å². The lowest BCUT2D eigenvalue weighted by Crippen LogP contribution is -1.97. The van der Waals surface area contributed by atoms with Crippen LogP contribution in [-0.4, -0.2) is 5.38 Å². The first kappa shape index (κ1) is 7.87. The van der Waals surface area contributed by atoms with Gasteiger partial charge in [-0.3, -0.25) is 0 Å². The van der Waals surface area contributed by atoms with Crippen LogP contribution in [-0.2, 0) is 6.42 Å². The van der Waals surface area contributed by atoms with E-state index in [9.17, 15) is 0 Å². The molecule has 0 N–H and O–H groups in total. The molecule has 0 bridgehead atoms. The topological polar surface area (TPSA) is 0 Å². The minimum Gasteiger partial charge on any atom is -0.121 e. The molecule has 0 aliphatic heterocycles. The molecular weight excluding hydrogens is 270 g/mol. The van der Waals surface area contributed by atoms with Crippen molar-refractivity contribution in [1.29, 1.82) is 0 Å². The fourth-order valence-corrected chi connectivity index (χ4v) is 2.66. The van der Waals surface area contributed by atoms with Crippen LogP contribution in [0.15, 0.2) is 24.3 Å². The molecule has 58 valence electrons.